The molecule has 224 valence electrons. The minimum Gasteiger partial charge on any atom is -0.394 e. The lowest BCUT2D eigenvalue weighted by molar-refractivity contribution is 0.0650. The molecule has 0 bridgehead atoms. The second-order valence-corrected chi connectivity index (χ2v) is 10.1. The van der Waals surface area contributed by atoms with Crippen molar-refractivity contribution in [1.82, 2.24) is 0 Å². The smallest absolute Gasteiger partial charge is 0.297 e. The highest BCUT2D eigenvalue weighted by Gasteiger charge is 2.16. The van der Waals surface area contributed by atoms with Gasteiger partial charge in [-0.3, -0.25) is 8.37 Å². The zero-order valence-electron chi connectivity index (χ0n) is 19.3. The predicted molar refractivity (Wildman–Crippen MR) is 151 cm³/mol. The van der Waals surface area contributed by atoms with Crippen molar-refractivity contribution in [3.05, 3.63) is 59.7 Å². The highest BCUT2D eigenvalue weighted by Crippen LogP contribution is 2.14. The zero-order valence-corrected chi connectivity index (χ0v) is 20.9. The highest BCUT2D eigenvalue weighted by atomic mass is 32.2. The molecule has 2 aromatic carbocycles. The van der Waals surface area contributed by atoms with E-state index < -0.39 is 20.2 Å². The summed E-state index contributed by atoms with van der Waals surface area (Å²) in [5.41, 5.74) is 1.88. The number of hydrogen-bond acceptors (Lipinski definition) is 10. The molecule has 0 aliphatic rings. The van der Waals surface area contributed by atoms with Crippen molar-refractivity contribution in [2.75, 3.05) is 52.9 Å². The molecule has 0 amide bonds. The minimum atomic E-state index is -3.84. The lowest BCUT2D eigenvalue weighted by Gasteiger charge is -2.08. The number of hydrogen-bond donors (Lipinski definition) is 2. The Bertz CT molecular complexity index is 937. The first-order valence-electron chi connectivity index (χ1n) is 10.4. The number of rotatable bonds is 14. The van der Waals surface area contributed by atoms with Crippen molar-refractivity contribution < 1.29 is 44.9 Å². The van der Waals surface area contributed by atoms with E-state index in [1.807, 2.05) is 13.8 Å². The topological polar surface area (TPSA) is 146 Å². The van der Waals surface area contributed by atoms with Crippen molar-refractivity contribution >= 4 is 20.2 Å². The van der Waals surface area contributed by atoms with Gasteiger partial charge in [-0.05, 0) is 38.1 Å². The lowest BCUT2D eigenvalue weighted by atomic mass is 10.2. The first-order chi connectivity index (χ1) is 16.1. The third-order valence-corrected chi connectivity index (χ3v) is 6.68. The molecular formula is C26H48O10S2. The average Bonchev–Trinajstić information content (AvgIpc) is 2.80. The monoisotopic (exact) mass is 584 g/mol. The van der Waals surface area contributed by atoms with Gasteiger partial charge in [0.25, 0.3) is 20.2 Å². The number of aryl methyl sites for hydroxylation is 2. The Morgan fingerprint density at radius 3 is 1.11 bits per heavy atom. The number of aliphatic hydroxyl groups excluding tert-OH is 2. The number of benzene rings is 2. The van der Waals surface area contributed by atoms with Gasteiger partial charge >= 0.3 is 0 Å². The maximum atomic E-state index is 12.0. The van der Waals surface area contributed by atoms with Crippen LogP contribution in [0.25, 0.3) is 0 Å². The van der Waals surface area contributed by atoms with Crippen LogP contribution in [0.5, 0.6) is 0 Å². The summed E-state index contributed by atoms with van der Waals surface area (Å²) < 4.78 is 67.4. The maximum Gasteiger partial charge on any atom is 0.297 e. The fraction of sp³-hybridized carbons (Fsp3) is 0.538. The number of aliphatic hydroxyl groups is 2. The normalized spacial score (nSPS) is 10.4. The van der Waals surface area contributed by atoms with Crippen LogP contribution in [0.4, 0.5) is 0 Å². The van der Waals surface area contributed by atoms with E-state index in [0.717, 1.165) is 11.1 Å². The molecule has 0 aromatic heterocycles. The Hall–Kier alpha value is -1.90. The van der Waals surface area contributed by atoms with Crippen molar-refractivity contribution in [1.29, 1.82) is 0 Å². The van der Waals surface area contributed by atoms with Crippen molar-refractivity contribution in [2.45, 2.75) is 53.3 Å². The van der Waals surface area contributed by atoms with Crippen LogP contribution in [-0.4, -0.2) is 79.9 Å². The van der Waals surface area contributed by atoms with Crippen molar-refractivity contribution in [2.24, 2.45) is 0 Å². The quantitative estimate of drug-likeness (QED) is 0.247. The summed E-state index contributed by atoms with van der Waals surface area (Å²) in [5.74, 6) is 0. The fourth-order valence-corrected chi connectivity index (χ4v) is 4.07. The number of ether oxygens (including phenoxy) is 2. The van der Waals surface area contributed by atoms with E-state index in [0.29, 0.717) is 13.2 Å². The third kappa shape index (κ3) is 17.6. The maximum absolute atomic E-state index is 12.0. The average molecular weight is 585 g/mol. The molecular weight excluding hydrogens is 536 g/mol. The van der Waals surface area contributed by atoms with Gasteiger partial charge in [-0.2, -0.15) is 16.8 Å². The second kappa shape index (κ2) is 23.0. The molecule has 0 atom stereocenters. The van der Waals surface area contributed by atoms with Gasteiger partial charge in [0.2, 0.25) is 0 Å². The fourth-order valence-electron chi connectivity index (χ4n) is 2.28. The van der Waals surface area contributed by atoms with E-state index in [4.69, 9.17) is 23.3 Å². The van der Waals surface area contributed by atoms with Crippen LogP contribution in [0.15, 0.2) is 58.3 Å². The minimum absolute atomic E-state index is 0. The molecule has 0 aliphatic heterocycles. The van der Waals surface area contributed by atoms with Gasteiger partial charge in [-0.1, -0.05) is 65.1 Å². The molecule has 10 nitrogen and oxygen atoms in total. The van der Waals surface area contributed by atoms with Gasteiger partial charge in [0.1, 0.15) is 0 Å². The van der Waals surface area contributed by atoms with E-state index in [1.54, 1.807) is 24.3 Å². The largest absolute Gasteiger partial charge is 0.394 e. The Labute approximate surface area is 230 Å². The zero-order chi connectivity index (χ0) is 25.5. The Morgan fingerprint density at radius 1 is 0.526 bits per heavy atom. The Morgan fingerprint density at radius 2 is 0.816 bits per heavy atom. The van der Waals surface area contributed by atoms with Crippen molar-refractivity contribution in [3.8, 4) is 0 Å². The molecule has 0 saturated carbocycles. The molecule has 0 saturated heterocycles. The summed E-state index contributed by atoms with van der Waals surface area (Å²) in [4.78, 5) is 0.140. The first kappa shape index (κ1) is 43.2. The lowest BCUT2D eigenvalue weighted by Crippen LogP contribution is -2.15. The predicted octanol–water partition coefficient (Wildman–Crippen LogP) is 3.96. The van der Waals surface area contributed by atoms with Gasteiger partial charge in [0.15, 0.2) is 0 Å². The third-order valence-electron chi connectivity index (χ3n) is 4.02. The van der Waals surface area contributed by atoms with Gasteiger partial charge in [-0.25, -0.2) is 0 Å². The van der Waals surface area contributed by atoms with E-state index in [2.05, 4.69) is 4.74 Å². The van der Waals surface area contributed by atoms with E-state index in [-0.39, 0.29) is 79.1 Å². The molecule has 0 spiro atoms. The van der Waals surface area contributed by atoms with Gasteiger partial charge in [0, 0.05) is 0 Å². The van der Waals surface area contributed by atoms with E-state index >= 15 is 0 Å². The summed E-state index contributed by atoms with van der Waals surface area (Å²) >= 11 is 0. The van der Waals surface area contributed by atoms with E-state index in [1.165, 1.54) is 24.3 Å². The van der Waals surface area contributed by atoms with Crippen LogP contribution in [0.2, 0.25) is 0 Å². The Kier molecular flexibility index (Phi) is 26.2. The SMILES string of the molecule is C.C.C.C.Cc1ccc(S(=O)(=O)OCCOCCOS(=O)(=O)c2ccc(C)cc2)cc1.OCCOCCO. The van der Waals surface area contributed by atoms with Crippen LogP contribution >= 0.6 is 0 Å². The van der Waals surface area contributed by atoms with Gasteiger partial charge in [-0.15, -0.1) is 0 Å². The second-order valence-electron chi connectivity index (χ2n) is 6.85. The standard InChI is InChI=1S/C18H22O7S2.C4H10O3.4CH4/c1-15-3-7-17(8-4-15)26(19,20)24-13-11-23-12-14-25-27(21,22)18-9-5-16(2)6-10-18;5-1-3-7-4-2-6;;;;/h3-10H,11-14H2,1-2H3;5-6H,1-4H2;4*1H4. The van der Waals surface area contributed by atoms with Crippen molar-refractivity contribution in [3.63, 3.8) is 0 Å². The Balaban J connectivity index is -0.000000466. The van der Waals surface area contributed by atoms with Gasteiger partial charge < -0.3 is 19.7 Å². The summed E-state index contributed by atoms with van der Waals surface area (Å²) in [6.45, 7) is 4.01. The van der Waals surface area contributed by atoms with Crippen LogP contribution in [-0.2, 0) is 38.1 Å². The first-order valence-corrected chi connectivity index (χ1v) is 13.2. The molecule has 0 radical (unpaired) electrons. The molecule has 2 rings (SSSR count). The molecule has 38 heavy (non-hydrogen) atoms. The molecule has 0 aliphatic carbocycles. The van der Waals surface area contributed by atoms with Crippen LogP contribution in [0.3, 0.4) is 0 Å². The molecule has 0 fully saturated rings. The highest BCUT2D eigenvalue weighted by molar-refractivity contribution is 7.87. The summed E-state index contributed by atoms with van der Waals surface area (Å²) in [6, 6.07) is 12.6. The molecule has 2 aromatic rings. The van der Waals surface area contributed by atoms with Crippen LogP contribution in [0.1, 0.15) is 40.8 Å². The molecule has 0 heterocycles. The van der Waals surface area contributed by atoms with Crippen LogP contribution < -0.4 is 0 Å². The molecule has 12 heteroatoms. The van der Waals surface area contributed by atoms with Gasteiger partial charge in [0.05, 0.1) is 62.6 Å². The van der Waals surface area contributed by atoms with E-state index in [9.17, 15) is 16.8 Å². The summed E-state index contributed by atoms with van der Waals surface area (Å²) in [6.07, 6.45) is 0. The summed E-state index contributed by atoms with van der Waals surface area (Å²) in [7, 11) is -7.68. The van der Waals surface area contributed by atoms with Crippen LogP contribution in [0, 0.1) is 13.8 Å². The molecule has 2 N–H and O–H groups in total. The molecule has 0 unspecified atom stereocenters. The summed E-state index contributed by atoms with van der Waals surface area (Å²) in [5, 5.41) is 16.2.